The van der Waals surface area contributed by atoms with Crippen molar-refractivity contribution in [2.24, 2.45) is 13.0 Å². The van der Waals surface area contributed by atoms with Crippen LogP contribution in [0.25, 0.3) is 0 Å². The molecule has 0 saturated heterocycles. The van der Waals surface area contributed by atoms with E-state index < -0.39 is 22.2 Å². The molecule has 3 atom stereocenters. The standard InChI is InChI=1S/C25H37N5O6S/c1-7-8-23(31)27-19-9-10-21-20(11-19)25(32)29(5)13-22(35-6)17(2)12-30(18(3)15-36-21)37(33,34)24-14-28(4)16-26-24/h9-11,14,16-18,22H,7-8,12-13,15H2,1-6H3,(H,27,31)/t17-,18-,22-/m1/s1. The Morgan fingerprint density at radius 2 is 1.97 bits per heavy atom. The van der Waals surface area contributed by atoms with Crippen molar-refractivity contribution in [3.8, 4) is 5.75 Å². The van der Waals surface area contributed by atoms with Gasteiger partial charge >= 0.3 is 0 Å². The number of ether oxygens (including phenoxy) is 2. The summed E-state index contributed by atoms with van der Waals surface area (Å²) in [6.07, 6.45) is 3.55. The minimum absolute atomic E-state index is 0.00195. The van der Waals surface area contributed by atoms with E-state index in [-0.39, 0.29) is 48.0 Å². The van der Waals surface area contributed by atoms with Crippen molar-refractivity contribution >= 4 is 27.5 Å². The monoisotopic (exact) mass is 535 g/mol. The molecule has 204 valence electrons. The van der Waals surface area contributed by atoms with Crippen LogP contribution in [0.2, 0.25) is 0 Å². The van der Waals surface area contributed by atoms with E-state index in [4.69, 9.17) is 9.47 Å². The van der Waals surface area contributed by atoms with Gasteiger partial charge in [0.15, 0.2) is 5.03 Å². The van der Waals surface area contributed by atoms with Crippen LogP contribution >= 0.6 is 0 Å². The Hall–Kier alpha value is -2.96. The number of methoxy groups -OCH3 is 1. The lowest BCUT2D eigenvalue weighted by Gasteiger charge is -2.35. The lowest BCUT2D eigenvalue weighted by atomic mass is 10.0. The molecule has 11 nitrogen and oxygen atoms in total. The molecule has 0 unspecified atom stereocenters. The molecule has 37 heavy (non-hydrogen) atoms. The second-order valence-electron chi connectivity index (χ2n) is 9.56. The number of nitrogens with one attached hydrogen (secondary N) is 1. The molecule has 1 aliphatic rings. The number of likely N-dealkylation sites (N-methyl/N-ethyl adjacent to an activating group) is 1. The molecule has 0 spiro atoms. The molecule has 2 aromatic rings. The van der Waals surface area contributed by atoms with Gasteiger partial charge in [-0.05, 0) is 37.5 Å². The SMILES string of the molecule is CCCC(=O)Nc1ccc2c(c1)C(=O)N(C)C[C@@H](OC)[C@H](C)CN(S(=O)(=O)c1cn(C)cn1)[C@H](C)CO2. The summed E-state index contributed by atoms with van der Waals surface area (Å²) in [4.78, 5) is 31.1. The molecule has 3 rings (SSSR count). The maximum atomic E-state index is 13.6. The maximum absolute atomic E-state index is 13.6. The number of carbonyl (C=O) groups excluding carboxylic acids is 2. The maximum Gasteiger partial charge on any atom is 0.262 e. The van der Waals surface area contributed by atoms with Crippen LogP contribution in [-0.2, 0) is 26.6 Å². The number of imidazole rings is 1. The highest BCUT2D eigenvalue weighted by Crippen LogP contribution is 2.28. The predicted octanol–water partition coefficient (Wildman–Crippen LogP) is 2.35. The van der Waals surface area contributed by atoms with Crippen molar-refractivity contribution in [2.45, 2.75) is 50.8 Å². The van der Waals surface area contributed by atoms with Crippen molar-refractivity contribution in [3.63, 3.8) is 0 Å². The largest absolute Gasteiger partial charge is 0.491 e. The first-order valence-electron chi connectivity index (χ1n) is 12.3. The van der Waals surface area contributed by atoms with Gasteiger partial charge in [-0.3, -0.25) is 9.59 Å². The molecule has 0 saturated carbocycles. The van der Waals surface area contributed by atoms with E-state index in [1.54, 1.807) is 50.9 Å². The molecule has 0 radical (unpaired) electrons. The number of carbonyl (C=O) groups is 2. The quantitative estimate of drug-likeness (QED) is 0.602. The number of nitrogens with zero attached hydrogens (tertiary/aromatic N) is 4. The fourth-order valence-electron chi connectivity index (χ4n) is 4.25. The van der Waals surface area contributed by atoms with Gasteiger partial charge in [0.25, 0.3) is 15.9 Å². The number of hydrogen-bond donors (Lipinski definition) is 1. The molecule has 1 aliphatic heterocycles. The summed E-state index contributed by atoms with van der Waals surface area (Å²) in [6.45, 7) is 5.95. The zero-order valence-electron chi connectivity index (χ0n) is 22.3. The van der Waals surface area contributed by atoms with Crippen LogP contribution < -0.4 is 10.1 Å². The Kier molecular flexibility index (Phi) is 9.32. The Labute approximate surface area is 218 Å². The summed E-state index contributed by atoms with van der Waals surface area (Å²) < 4.78 is 41.9. The molecule has 2 heterocycles. The van der Waals surface area contributed by atoms with Gasteiger partial charge in [-0.15, -0.1) is 0 Å². The number of sulfonamides is 1. The summed E-state index contributed by atoms with van der Waals surface area (Å²) >= 11 is 0. The van der Waals surface area contributed by atoms with Crippen LogP contribution in [0.1, 0.15) is 44.0 Å². The number of hydrogen-bond acceptors (Lipinski definition) is 7. The van der Waals surface area contributed by atoms with E-state index in [0.717, 1.165) is 0 Å². The lowest BCUT2D eigenvalue weighted by molar-refractivity contribution is -0.116. The number of aryl methyl sites for hydroxylation is 1. The molecule has 2 amide bonds. The zero-order chi connectivity index (χ0) is 27.3. The fourth-order valence-corrected chi connectivity index (χ4v) is 5.93. The molecule has 1 N–H and O–H groups in total. The third kappa shape index (κ3) is 6.68. The lowest BCUT2D eigenvalue weighted by Crippen LogP contribution is -2.48. The van der Waals surface area contributed by atoms with Crippen molar-refractivity contribution < 1.29 is 27.5 Å². The summed E-state index contributed by atoms with van der Waals surface area (Å²) in [6, 6.07) is 4.30. The zero-order valence-corrected chi connectivity index (χ0v) is 23.1. The topological polar surface area (TPSA) is 123 Å². The smallest absolute Gasteiger partial charge is 0.262 e. The van der Waals surface area contributed by atoms with Crippen molar-refractivity contribution in [1.82, 2.24) is 18.8 Å². The summed E-state index contributed by atoms with van der Waals surface area (Å²) in [5.41, 5.74) is 0.755. The van der Waals surface area contributed by atoms with Gasteiger partial charge in [-0.1, -0.05) is 13.8 Å². The van der Waals surface area contributed by atoms with Crippen LogP contribution in [0.3, 0.4) is 0 Å². The minimum Gasteiger partial charge on any atom is -0.491 e. The van der Waals surface area contributed by atoms with Gasteiger partial charge < -0.3 is 24.3 Å². The first kappa shape index (κ1) is 28.6. The molecule has 1 aromatic carbocycles. The molecule has 0 fully saturated rings. The van der Waals surface area contributed by atoms with Crippen LogP contribution in [-0.4, -0.2) is 85.0 Å². The first-order chi connectivity index (χ1) is 17.5. The number of benzene rings is 1. The second-order valence-corrected chi connectivity index (χ2v) is 11.4. The summed E-state index contributed by atoms with van der Waals surface area (Å²) in [7, 11) is 0.979. The van der Waals surface area contributed by atoms with Crippen LogP contribution in [0.15, 0.2) is 35.7 Å². The van der Waals surface area contributed by atoms with E-state index in [0.29, 0.717) is 24.3 Å². The Morgan fingerprint density at radius 3 is 2.59 bits per heavy atom. The van der Waals surface area contributed by atoms with Gasteiger partial charge in [0.2, 0.25) is 5.91 Å². The summed E-state index contributed by atoms with van der Waals surface area (Å²) in [5.74, 6) is -0.383. The van der Waals surface area contributed by atoms with E-state index >= 15 is 0 Å². The molecule has 12 heteroatoms. The average molecular weight is 536 g/mol. The predicted molar refractivity (Wildman–Crippen MR) is 139 cm³/mol. The van der Waals surface area contributed by atoms with Gasteiger partial charge in [-0.2, -0.15) is 4.31 Å². The average Bonchev–Trinajstić information content (AvgIpc) is 3.30. The highest BCUT2D eigenvalue weighted by molar-refractivity contribution is 7.89. The Morgan fingerprint density at radius 1 is 1.24 bits per heavy atom. The van der Waals surface area contributed by atoms with E-state index in [9.17, 15) is 18.0 Å². The number of aromatic nitrogens is 2. The van der Waals surface area contributed by atoms with Gasteiger partial charge in [0.05, 0.1) is 24.0 Å². The van der Waals surface area contributed by atoms with Crippen LogP contribution in [0.5, 0.6) is 5.75 Å². The highest BCUT2D eigenvalue weighted by atomic mass is 32.2. The first-order valence-corrected chi connectivity index (χ1v) is 13.8. The number of rotatable bonds is 6. The number of fused-ring (bicyclic) bond motifs is 1. The summed E-state index contributed by atoms with van der Waals surface area (Å²) in [5, 5.41) is 2.77. The van der Waals surface area contributed by atoms with E-state index in [2.05, 4.69) is 10.3 Å². The molecule has 0 bridgehead atoms. The Balaban J connectivity index is 2.01. The van der Waals surface area contributed by atoms with Gasteiger partial charge in [0.1, 0.15) is 12.4 Å². The third-order valence-corrected chi connectivity index (χ3v) is 8.27. The van der Waals surface area contributed by atoms with E-state index in [1.165, 1.54) is 21.7 Å². The number of anilines is 1. The number of amides is 2. The minimum atomic E-state index is -3.93. The molecule has 0 aliphatic carbocycles. The molecular weight excluding hydrogens is 498 g/mol. The van der Waals surface area contributed by atoms with Crippen molar-refractivity contribution in [2.75, 3.05) is 39.2 Å². The van der Waals surface area contributed by atoms with Gasteiger partial charge in [-0.25, -0.2) is 13.4 Å². The molecular formula is C25H37N5O6S. The van der Waals surface area contributed by atoms with Crippen molar-refractivity contribution in [1.29, 1.82) is 0 Å². The second kappa shape index (κ2) is 12.1. The van der Waals surface area contributed by atoms with Gasteiger partial charge in [0, 0.05) is 52.6 Å². The highest BCUT2D eigenvalue weighted by Gasteiger charge is 2.35. The van der Waals surface area contributed by atoms with Crippen LogP contribution in [0.4, 0.5) is 5.69 Å². The Bertz CT molecular complexity index is 1210. The van der Waals surface area contributed by atoms with Crippen molar-refractivity contribution in [3.05, 3.63) is 36.3 Å². The third-order valence-electron chi connectivity index (χ3n) is 6.40. The van der Waals surface area contributed by atoms with Crippen LogP contribution in [0, 0.1) is 5.92 Å². The molecule has 1 aromatic heterocycles. The normalized spacial score (nSPS) is 21.9. The van der Waals surface area contributed by atoms with E-state index in [1.807, 2.05) is 13.8 Å². The fraction of sp³-hybridized carbons (Fsp3) is 0.560.